The molecular weight excluding hydrogens is 263 g/mol. The summed E-state index contributed by atoms with van der Waals surface area (Å²) in [5.74, 6) is -0.0195. The average Bonchev–Trinajstić information content (AvgIpc) is 2.44. The molecule has 0 unspecified atom stereocenters. The molecule has 0 aliphatic rings. The first-order chi connectivity index (χ1) is 9.61. The number of anilines is 1. The maximum Gasteiger partial charge on any atom is 0.292 e. The van der Waals surface area contributed by atoms with Crippen molar-refractivity contribution in [1.29, 1.82) is 0 Å². The van der Waals surface area contributed by atoms with Crippen molar-refractivity contribution < 1.29 is 14.1 Å². The molecule has 6 heteroatoms. The molecule has 104 valence electrons. The molecule has 0 aliphatic carbocycles. The lowest BCUT2D eigenvalue weighted by Gasteiger charge is -2.11. The van der Waals surface area contributed by atoms with Crippen LogP contribution >= 0.6 is 0 Å². The van der Waals surface area contributed by atoms with Crippen molar-refractivity contribution in [2.24, 2.45) is 0 Å². The van der Waals surface area contributed by atoms with Crippen molar-refractivity contribution >= 4 is 11.4 Å². The molecule has 1 N–H and O–H groups in total. The molecule has 0 saturated carbocycles. The van der Waals surface area contributed by atoms with E-state index in [4.69, 9.17) is 4.74 Å². The molecule has 0 atom stereocenters. The van der Waals surface area contributed by atoms with E-state index < -0.39 is 10.7 Å². The van der Waals surface area contributed by atoms with Crippen LogP contribution in [-0.2, 0) is 6.61 Å². The summed E-state index contributed by atoms with van der Waals surface area (Å²) in [5, 5.41) is 13.7. The number of hydrogen-bond donors (Lipinski definition) is 1. The van der Waals surface area contributed by atoms with Gasteiger partial charge in [0.1, 0.15) is 23.9 Å². The van der Waals surface area contributed by atoms with Crippen LogP contribution in [0.2, 0.25) is 0 Å². The standard InChI is InChI=1S/C14H13FN2O3/c1-16-14-10(4-2-7-13(14)17(18)19)9-20-12-6-3-5-11(15)8-12/h2-8,16H,9H2,1H3. The Morgan fingerprint density at radius 1 is 1.30 bits per heavy atom. The quantitative estimate of drug-likeness (QED) is 0.671. The fraction of sp³-hybridized carbons (Fsp3) is 0.143. The minimum atomic E-state index is -0.461. The van der Waals surface area contributed by atoms with Gasteiger partial charge in [-0.2, -0.15) is 0 Å². The van der Waals surface area contributed by atoms with Crippen LogP contribution in [-0.4, -0.2) is 12.0 Å². The van der Waals surface area contributed by atoms with Crippen molar-refractivity contribution in [3.63, 3.8) is 0 Å². The molecule has 2 aromatic carbocycles. The molecule has 5 nitrogen and oxygen atoms in total. The minimum Gasteiger partial charge on any atom is -0.489 e. The zero-order chi connectivity index (χ0) is 14.5. The van der Waals surface area contributed by atoms with Crippen LogP contribution in [0.5, 0.6) is 5.75 Å². The monoisotopic (exact) mass is 276 g/mol. The first-order valence-corrected chi connectivity index (χ1v) is 5.94. The van der Waals surface area contributed by atoms with Gasteiger partial charge in [-0.05, 0) is 12.1 Å². The Bertz CT molecular complexity index is 632. The number of nitro groups is 1. The number of nitrogens with zero attached hydrogens (tertiary/aromatic N) is 1. The number of hydrogen-bond acceptors (Lipinski definition) is 4. The highest BCUT2D eigenvalue weighted by atomic mass is 19.1. The predicted octanol–water partition coefficient (Wildman–Crippen LogP) is 3.35. The summed E-state index contributed by atoms with van der Waals surface area (Å²) in [7, 11) is 1.61. The van der Waals surface area contributed by atoms with Gasteiger partial charge in [-0.3, -0.25) is 10.1 Å². The summed E-state index contributed by atoms with van der Waals surface area (Å²) < 4.78 is 18.5. The van der Waals surface area contributed by atoms with E-state index in [1.54, 1.807) is 25.2 Å². The highest BCUT2D eigenvalue weighted by Crippen LogP contribution is 2.28. The van der Waals surface area contributed by atoms with Crippen molar-refractivity contribution in [2.45, 2.75) is 6.61 Å². The summed E-state index contributed by atoms with van der Waals surface area (Å²) in [6.07, 6.45) is 0. The van der Waals surface area contributed by atoms with Gasteiger partial charge in [-0.15, -0.1) is 0 Å². The molecule has 0 heterocycles. The van der Waals surface area contributed by atoms with E-state index in [2.05, 4.69) is 5.32 Å². The van der Waals surface area contributed by atoms with Crippen LogP contribution in [0.4, 0.5) is 15.8 Å². The molecule has 0 spiro atoms. The summed E-state index contributed by atoms with van der Waals surface area (Å²) in [6.45, 7) is 0.112. The summed E-state index contributed by atoms with van der Waals surface area (Å²) in [5.41, 5.74) is 1.01. The third-order valence-corrected chi connectivity index (χ3v) is 2.77. The number of rotatable bonds is 5. The van der Waals surface area contributed by atoms with Crippen LogP contribution in [0, 0.1) is 15.9 Å². The molecule has 20 heavy (non-hydrogen) atoms. The van der Waals surface area contributed by atoms with Crippen LogP contribution in [0.1, 0.15) is 5.56 Å². The third kappa shape index (κ3) is 3.03. The Kier molecular flexibility index (Phi) is 4.14. The van der Waals surface area contributed by atoms with Gasteiger partial charge >= 0.3 is 0 Å². The molecule has 0 aliphatic heterocycles. The maximum absolute atomic E-state index is 13.0. The number of ether oxygens (including phenoxy) is 1. The number of para-hydroxylation sites is 1. The van der Waals surface area contributed by atoms with E-state index in [1.807, 2.05) is 0 Å². The summed E-state index contributed by atoms with van der Waals surface area (Å²) in [6, 6.07) is 10.5. The highest BCUT2D eigenvalue weighted by molar-refractivity contribution is 5.65. The fourth-order valence-corrected chi connectivity index (χ4v) is 1.87. The zero-order valence-electron chi connectivity index (χ0n) is 10.8. The second-order valence-corrected chi connectivity index (χ2v) is 4.06. The number of nitro benzene ring substituents is 1. The largest absolute Gasteiger partial charge is 0.489 e. The van der Waals surface area contributed by atoms with Gasteiger partial charge in [0.25, 0.3) is 5.69 Å². The lowest BCUT2D eigenvalue weighted by Crippen LogP contribution is -2.04. The predicted molar refractivity (Wildman–Crippen MR) is 73.4 cm³/mol. The van der Waals surface area contributed by atoms with E-state index in [-0.39, 0.29) is 12.3 Å². The molecule has 0 radical (unpaired) electrons. The SMILES string of the molecule is CNc1c(COc2cccc(F)c2)cccc1[N+](=O)[O-]. The van der Waals surface area contributed by atoms with Gasteiger partial charge in [0, 0.05) is 24.7 Å². The van der Waals surface area contributed by atoms with Gasteiger partial charge in [0.15, 0.2) is 0 Å². The second-order valence-electron chi connectivity index (χ2n) is 4.06. The van der Waals surface area contributed by atoms with Crippen LogP contribution < -0.4 is 10.1 Å². The lowest BCUT2D eigenvalue weighted by molar-refractivity contribution is -0.384. The minimum absolute atomic E-state index is 0.0205. The molecule has 0 amide bonds. The second kappa shape index (κ2) is 6.01. The number of halogens is 1. The third-order valence-electron chi connectivity index (χ3n) is 2.77. The smallest absolute Gasteiger partial charge is 0.292 e. The fourth-order valence-electron chi connectivity index (χ4n) is 1.87. The van der Waals surface area contributed by atoms with Crippen molar-refractivity contribution in [2.75, 3.05) is 12.4 Å². The Morgan fingerprint density at radius 2 is 2.05 bits per heavy atom. The Balaban J connectivity index is 2.21. The summed E-state index contributed by atoms with van der Waals surface area (Å²) >= 11 is 0. The molecule has 2 rings (SSSR count). The molecule has 0 fully saturated rings. The lowest BCUT2D eigenvalue weighted by atomic mass is 10.1. The Morgan fingerprint density at radius 3 is 2.70 bits per heavy atom. The van der Waals surface area contributed by atoms with Gasteiger partial charge in [-0.25, -0.2) is 4.39 Å². The first kappa shape index (κ1) is 13.8. The normalized spacial score (nSPS) is 10.1. The molecular formula is C14H13FN2O3. The zero-order valence-corrected chi connectivity index (χ0v) is 10.8. The van der Waals surface area contributed by atoms with Crippen molar-refractivity contribution in [3.8, 4) is 5.75 Å². The summed E-state index contributed by atoms with van der Waals surface area (Å²) in [4.78, 5) is 10.5. The molecule has 0 saturated heterocycles. The van der Waals surface area contributed by atoms with Gasteiger partial charge < -0.3 is 10.1 Å². The number of nitrogens with one attached hydrogen (secondary N) is 1. The Hall–Kier alpha value is -2.63. The topological polar surface area (TPSA) is 64.4 Å². The van der Waals surface area contributed by atoms with E-state index in [0.29, 0.717) is 17.0 Å². The van der Waals surface area contributed by atoms with E-state index in [1.165, 1.54) is 24.3 Å². The van der Waals surface area contributed by atoms with Gasteiger partial charge in [-0.1, -0.05) is 18.2 Å². The van der Waals surface area contributed by atoms with Gasteiger partial charge in [0.2, 0.25) is 0 Å². The van der Waals surface area contributed by atoms with Crippen molar-refractivity contribution in [3.05, 3.63) is 64.0 Å². The number of benzene rings is 2. The average molecular weight is 276 g/mol. The first-order valence-electron chi connectivity index (χ1n) is 5.94. The van der Waals surface area contributed by atoms with Crippen LogP contribution in [0.25, 0.3) is 0 Å². The van der Waals surface area contributed by atoms with Crippen LogP contribution in [0.15, 0.2) is 42.5 Å². The van der Waals surface area contributed by atoms with Crippen molar-refractivity contribution in [1.82, 2.24) is 0 Å². The van der Waals surface area contributed by atoms with Gasteiger partial charge in [0.05, 0.1) is 4.92 Å². The van der Waals surface area contributed by atoms with E-state index in [9.17, 15) is 14.5 Å². The Labute approximate surface area is 115 Å². The molecule has 0 bridgehead atoms. The van der Waals surface area contributed by atoms with Crippen LogP contribution in [0.3, 0.4) is 0 Å². The van der Waals surface area contributed by atoms with E-state index in [0.717, 1.165) is 0 Å². The maximum atomic E-state index is 13.0. The molecule has 0 aromatic heterocycles. The van der Waals surface area contributed by atoms with E-state index >= 15 is 0 Å². The highest BCUT2D eigenvalue weighted by Gasteiger charge is 2.16. The molecule has 2 aromatic rings.